The van der Waals surface area contributed by atoms with E-state index < -0.39 is 29.3 Å². The van der Waals surface area contributed by atoms with E-state index in [4.69, 9.17) is 0 Å². The van der Waals surface area contributed by atoms with Crippen LogP contribution in [0.15, 0.2) is 30.6 Å². The van der Waals surface area contributed by atoms with Crippen molar-refractivity contribution in [2.24, 2.45) is 0 Å². The Kier molecular flexibility index (Phi) is 4.50. The third-order valence-corrected chi connectivity index (χ3v) is 1.51. The maximum Gasteiger partial charge on any atom is 0.254 e. The molecule has 0 aliphatic heterocycles. The SMILES string of the molecule is Fc1nc(F)c(F)c(F)c1F.c1ccncc1. The minimum atomic E-state index is -2.20. The Labute approximate surface area is 92.8 Å². The van der Waals surface area contributed by atoms with E-state index >= 15 is 0 Å². The van der Waals surface area contributed by atoms with Crippen molar-refractivity contribution in [1.29, 1.82) is 0 Å². The molecule has 17 heavy (non-hydrogen) atoms. The van der Waals surface area contributed by atoms with E-state index in [2.05, 4.69) is 9.97 Å². The largest absolute Gasteiger partial charge is 0.265 e. The van der Waals surface area contributed by atoms with E-state index in [0.29, 0.717) is 0 Å². The first-order chi connectivity index (χ1) is 8.04. The molecule has 2 rings (SSSR count). The highest BCUT2D eigenvalue weighted by Crippen LogP contribution is 2.13. The molecule has 2 aromatic rings. The van der Waals surface area contributed by atoms with Crippen molar-refractivity contribution < 1.29 is 22.0 Å². The predicted molar refractivity (Wildman–Crippen MR) is 48.3 cm³/mol. The first-order valence-corrected chi connectivity index (χ1v) is 4.24. The molecule has 0 N–H and O–H groups in total. The first-order valence-electron chi connectivity index (χ1n) is 4.24. The Hall–Kier alpha value is -2.05. The Morgan fingerprint density at radius 1 is 0.647 bits per heavy atom. The third kappa shape index (κ3) is 3.47. The van der Waals surface area contributed by atoms with Gasteiger partial charge in [0, 0.05) is 12.4 Å². The highest BCUT2D eigenvalue weighted by atomic mass is 19.2. The summed E-state index contributed by atoms with van der Waals surface area (Å²) in [6.07, 6.45) is 3.50. The van der Waals surface area contributed by atoms with Gasteiger partial charge in [0.1, 0.15) is 0 Å². The van der Waals surface area contributed by atoms with Crippen LogP contribution in [-0.4, -0.2) is 9.97 Å². The van der Waals surface area contributed by atoms with Gasteiger partial charge in [-0.3, -0.25) is 4.98 Å². The van der Waals surface area contributed by atoms with Crippen molar-refractivity contribution >= 4 is 0 Å². The van der Waals surface area contributed by atoms with Crippen LogP contribution in [0.25, 0.3) is 0 Å². The molecule has 0 aliphatic rings. The molecule has 0 saturated heterocycles. The number of hydrogen-bond donors (Lipinski definition) is 0. The molecule has 2 heterocycles. The quantitative estimate of drug-likeness (QED) is 0.529. The van der Waals surface area contributed by atoms with Crippen LogP contribution in [0, 0.1) is 29.3 Å². The van der Waals surface area contributed by atoms with Crippen LogP contribution in [0.4, 0.5) is 22.0 Å². The van der Waals surface area contributed by atoms with Crippen molar-refractivity contribution in [3.63, 3.8) is 0 Å². The summed E-state index contributed by atoms with van der Waals surface area (Å²) in [5.41, 5.74) is 0. The van der Waals surface area contributed by atoms with E-state index in [-0.39, 0.29) is 0 Å². The second kappa shape index (κ2) is 5.88. The van der Waals surface area contributed by atoms with E-state index in [1.807, 2.05) is 18.2 Å². The van der Waals surface area contributed by atoms with E-state index in [9.17, 15) is 22.0 Å². The maximum atomic E-state index is 12.0. The molecule has 0 saturated carbocycles. The van der Waals surface area contributed by atoms with Crippen molar-refractivity contribution in [3.8, 4) is 0 Å². The van der Waals surface area contributed by atoms with E-state index in [0.717, 1.165) is 0 Å². The molecule has 2 aromatic heterocycles. The third-order valence-electron chi connectivity index (χ3n) is 1.51. The number of aromatic nitrogens is 2. The minimum absolute atomic E-state index is 1.75. The molecule has 0 aromatic carbocycles. The monoisotopic (exact) mass is 248 g/mol. The molecule has 0 unspecified atom stereocenters. The van der Waals surface area contributed by atoms with Crippen molar-refractivity contribution in [2.75, 3.05) is 0 Å². The minimum Gasteiger partial charge on any atom is -0.265 e. The molecule has 0 amide bonds. The number of halogens is 5. The zero-order valence-electron chi connectivity index (χ0n) is 8.17. The summed E-state index contributed by atoms with van der Waals surface area (Å²) < 4.78 is 59.7. The summed E-state index contributed by atoms with van der Waals surface area (Å²) in [7, 11) is 0. The van der Waals surface area contributed by atoms with Crippen LogP contribution >= 0.6 is 0 Å². The van der Waals surface area contributed by atoms with Crippen molar-refractivity contribution in [3.05, 3.63) is 59.9 Å². The maximum absolute atomic E-state index is 12.0. The predicted octanol–water partition coefficient (Wildman–Crippen LogP) is 2.86. The van der Waals surface area contributed by atoms with Crippen LogP contribution in [-0.2, 0) is 0 Å². The van der Waals surface area contributed by atoms with Gasteiger partial charge in [0.25, 0.3) is 11.9 Å². The Balaban J connectivity index is 0.000000202. The van der Waals surface area contributed by atoms with E-state index in [1.165, 1.54) is 0 Å². The van der Waals surface area contributed by atoms with Crippen molar-refractivity contribution in [2.45, 2.75) is 0 Å². The summed E-state index contributed by atoms with van der Waals surface area (Å²) in [4.78, 5) is 5.89. The Morgan fingerprint density at radius 2 is 1.12 bits per heavy atom. The smallest absolute Gasteiger partial charge is 0.254 e. The van der Waals surface area contributed by atoms with Gasteiger partial charge < -0.3 is 0 Å². The van der Waals surface area contributed by atoms with Gasteiger partial charge >= 0.3 is 0 Å². The number of pyridine rings is 2. The summed E-state index contributed by atoms with van der Waals surface area (Å²) in [5, 5.41) is 0. The topological polar surface area (TPSA) is 25.8 Å². The molecule has 2 nitrogen and oxygen atoms in total. The first kappa shape index (κ1) is 13.0. The second-order valence-electron chi connectivity index (χ2n) is 2.66. The summed E-state index contributed by atoms with van der Waals surface area (Å²) in [6, 6.07) is 5.72. The average molecular weight is 248 g/mol. The van der Waals surface area contributed by atoms with Crippen LogP contribution in [0.2, 0.25) is 0 Å². The van der Waals surface area contributed by atoms with Gasteiger partial charge in [-0.2, -0.15) is 22.5 Å². The number of rotatable bonds is 0. The highest BCUT2D eigenvalue weighted by molar-refractivity contribution is 5.03. The molecular weight excluding hydrogens is 243 g/mol. The molecule has 0 atom stereocenters. The molecule has 0 aliphatic carbocycles. The zero-order chi connectivity index (χ0) is 12.8. The molecule has 0 spiro atoms. The van der Waals surface area contributed by atoms with Crippen LogP contribution in [0.1, 0.15) is 0 Å². The molecule has 7 heteroatoms. The average Bonchev–Trinajstić information content (AvgIpc) is 2.37. The second-order valence-corrected chi connectivity index (χ2v) is 2.66. The number of nitrogens with zero attached hydrogens (tertiary/aromatic N) is 2. The van der Waals surface area contributed by atoms with Gasteiger partial charge in [-0.1, -0.05) is 6.07 Å². The summed E-state index contributed by atoms with van der Waals surface area (Å²) in [5.74, 6) is -10.4. The Bertz CT molecular complexity index is 437. The van der Waals surface area contributed by atoms with Gasteiger partial charge in [0.15, 0.2) is 0 Å². The Morgan fingerprint density at radius 3 is 1.41 bits per heavy atom. The lowest BCUT2D eigenvalue weighted by molar-refractivity contribution is 0.348. The fourth-order valence-electron chi connectivity index (χ4n) is 0.774. The highest BCUT2D eigenvalue weighted by Gasteiger charge is 2.19. The van der Waals surface area contributed by atoms with Crippen molar-refractivity contribution in [1.82, 2.24) is 9.97 Å². The summed E-state index contributed by atoms with van der Waals surface area (Å²) >= 11 is 0. The standard InChI is InChI=1S/C5F5N.C5H5N/c6-1-2(7)4(9)11-5(10)3(1)8;1-2-4-6-5-3-1/h;1-5H. The lowest BCUT2D eigenvalue weighted by atomic mass is 10.4. The fourth-order valence-corrected chi connectivity index (χ4v) is 0.774. The van der Waals surface area contributed by atoms with Gasteiger partial charge in [-0.05, 0) is 12.1 Å². The number of hydrogen-bond acceptors (Lipinski definition) is 2. The molecule has 0 fully saturated rings. The fraction of sp³-hybridized carbons (Fsp3) is 0. The summed E-state index contributed by atoms with van der Waals surface area (Å²) in [6.45, 7) is 0. The van der Waals surface area contributed by atoms with Gasteiger partial charge in [-0.25, -0.2) is 4.39 Å². The molecule has 0 radical (unpaired) electrons. The van der Waals surface area contributed by atoms with Gasteiger partial charge in [0.05, 0.1) is 0 Å². The van der Waals surface area contributed by atoms with Crippen LogP contribution < -0.4 is 0 Å². The molecular formula is C10H5F5N2. The van der Waals surface area contributed by atoms with Crippen LogP contribution in [0.5, 0.6) is 0 Å². The molecule has 90 valence electrons. The normalized spacial score (nSPS) is 9.47. The van der Waals surface area contributed by atoms with E-state index in [1.54, 1.807) is 12.4 Å². The lowest BCUT2D eigenvalue weighted by Gasteiger charge is -1.95. The van der Waals surface area contributed by atoms with Crippen LogP contribution in [0.3, 0.4) is 0 Å². The zero-order valence-corrected chi connectivity index (χ0v) is 8.17. The van der Waals surface area contributed by atoms with Gasteiger partial charge in [0.2, 0.25) is 17.5 Å². The molecule has 0 bridgehead atoms. The lowest BCUT2D eigenvalue weighted by Crippen LogP contribution is -2.03. The van der Waals surface area contributed by atoms with Gasteiger partial charge in [-0.15, -0.1) is 0 Å².